The number of anilines is 1. The van der Waals surface area contributed by atoms with Crippen LogP contribution in [-0.4, -0.2) is 76.8 Å². The van der Waals surface area contributed by atoms with Crippen LogP contribution in [0.15, 0.2) is 12.3 Å². The van der Waals surface area contributed by atoms with Gasteiger partial charge in [0.2, 0.25) is 0 Å². The second-order valence-electron chi connectivity index (χ2n) is 8.45. The molecule has 1 N–H and O–H groups in total. The van der Waals surface area contributed by atoms with Crippen LogP contribution in [-0.2, 0) is 4.74 Å². The molecular formula is C19H28ClN5O3. The topological polar surface area (TPSA) is 78.0 Å². The van der Waals surface area contributed by atoms with Gasteiger partial charge in [-0.2, -0.15) is 0 Å². The molecule has 1 atom stereocenters. The number of likely N-dealkylation sites (tertiary alicyclic amines) is 1. The van der Waals surface area contributed by atoms with E-state index in [0.717, 1.165) is 0 Å². The lowest BCUT2D eigenvalue weighted by Gasteiger charge is -2.47. The van der Waals surface area contributed by atoms with E-state index >= 15 is 0 Å². The SMILES string of the molecule is CN(C)C1Nc2cc(Cl)ncc2C(=O)N1C1CCN(C(=O)OC(C)(C)C)CC1. The van der Waals surface area contributed by atoms with Gasteiger partial charge in [-0.1, -0.05) is 11.6 Å². The zero-order valence-electron chi connectivity index (χ0n) is 17.0. The zero-order valence-corrected chi connectivity index (χ0v) is 17.8. The minimum atomic E-state index is -0.519. The minimum absolute atomic E-state index is 0.00918. The highest BCUT2D eigenvalue weighted by atomic mass is 35.5. The molecule has 28 heavy (non-hydrogen) atoms. The summed E-state index contributed by atoms with van der Waals surface area (Å²) in [6.07, 6.45) is 2.29. The lowest BCUT2D eigenvalue weighted by molar-refractivity contribution is 0.00282. The summed E-state index contributed by atoms with van der Waals surface area (Å²) in [5, 5.41) is 3.72. The zero-order chi connectivity index (χ0) is 20.6. The monoisotopic (exact) mass is 409 g/mol. The summed E-state index contributed by atoms with van der Waals surface area (Å²) in [7, 11) is 3.84. The maximum atomic E-state index is 13.2. The van der Waals surface area contributed by atoms with Gasteiger partial charge in [0.05, 0.1) is 11.3 Å². The van der Waals surface area contributed by atoms with Crippen molar-refractivity contribution in [2.45, 2.75) is 51.5 Å². The van der Waals surface area contributed by atoms with E-state index in [4.69, 9.17) is 16.3 Å². The van der Waals surface area contributed by atoms with Gasteiger partial charge in [-0.15, -0.1) is 0 Å². The quantitative estimate of drug-likeness (QED) is 0.757. The van der Waals surface area contributed by atoms with Crippen LogP contribution in [0, 0.1) is 0 Å². The Hall–Kier alpha value is -2.06. The molecule has 0 bridgehead atoms. The van der Waals surface area contributed by atoms with Crippen molar-refractivity contribution in [3.8, 4) is 0 Å². The molecule has 9 heteroatoms. The maximum Gasteiger partial charge on any atom is 0.410 e. The summed E-state index contributed by atoms with van der Waals surface area (Å²) >= 11 is 5.99. The van der Waals surface area contributed by atoms with Crippen LogP contribution < -0.4 is 5.32 Å². The van der Waals surface area contributed by atoms with E-state index < -0.39 is 5.60 Å². The molecule has 0 aliphatic carbocycles. The Morgan fingerprint density at radius 1 is 1.32 bits per heavy atom. The molecule has 1 aromatic rings. The van der Waals surface area contributed by atoms with Crippen molar-refractivity contribution >= 4 is 29.3 Å². The van der Waals surface area contributed by atoms with Crippen molar-refractivity contribution in [2.75, 3.05) is 32.5 Å². The summed E-state index contributed by atoms with van der Waals surface area (Å²) in [6.45, 7) is 6.67. The molecule has 8 nitrogen and oxygen atoms in total. The second-order valence-corrected chi connectivity index (χ2v) is 8.83. The van der Waals surface area contributed by atoms with Gasteiger partial charge in [-0.3, -0.25) is 9.69 Å². The van der Waals surface area contributed by atoms with Crippen LogP contribution in [0.4, 0.5) is 10.5 Å². The fourth-order valence-corrected chi connectivity index (χ4v) is 3.73. The Labute approximate surface area is 170 Å². The van der Waals surface area contributed by atoms with Gasteiger partial charge < -0.3 is 19.9 Å². The average molecular weight is 410 g/mol. The van der Waals surface area contributed by atoms with Gasteiger partial charge in [0.25, 0.3) is 5.91 Å². The Morgan fingerprint density at radius 2 is 1.96 bits per heavy atom. The van der Waals surface area contributed by atoms with Crippen molar-refractivity contribution in [2.24, 2.45) is 0 Å². The number of amides is 2. The third-order valence-electron chi connectivity index (χ3n) is 4.88. The lowest BCUT2D eigenvalue weighted by atomic mass is 10.0. The van der Waals surface area contributed by atoms with Crippen molar-refractivity contribution in [1.29, 1.82) is 0 Å². The molecular weight excluding hydrogens is 382 g/mol. The summed E-state index contributed by atoms with van der Waals surface area (Å²) in [4.78, 5) is 35.1. The smallest absolute Gasteiger partial charge is 0.410 e. The fourth-order valence-electron chi connectivity index (χ4n) is 3.58. The minimum Gasteiger partial charge on any atom is -0.444 e. The number of carbonyl (C=O) groups excluding carboxylic acids is 2. The summed E-state index contributed by atoms with van der Waals surface area (Å²) in [5.41, 5.74) is 0.678. The number of rotatable bonds is 2. The van der Waals surface area contributed by atoms with E-state index in [0.29, 0.717) is 42.3 Å². The molecule has 154 valence electrons. The number of carbonyl (C=O) groups is 2. The van der Waals surface area contributed by atoms with Crippen molar-refractivity contribution in [3.05, 3.63) is 23.0 Å². The standard InChI is InChI=1S/C19H28ClN5O3/c1-19(2,3)28-18(27)24-8-6-12(7-9-24)25-16(26)13-11-21-15(20)10-14(13)22-17(25)23(4)5/h10-12,17,22H,6-9H2,1-5H3. The van der Waals surface area contributed by atoms with Gasteiger partial charge in [0.1, 0.15) is 10.8 Å². The summed E-state index contributed by atoms with van der Waals surface area (Å²) in [6, 6.07) is 1.68. The van der Waals surface area contributed by atoms with E-state index in [1.165, 1.54) is 6.20 Å². The molecule has 3 rings (SSSR count). The highest BCUT2D eigenvalue weighted by molar-refractivity contribution is 6.29. The van der Waals surface area contributed by atoms with Crippen molar-refractivity contribution in [3.63, 3.8) is 0 Å². The number of hydrogen-bond donors (Lipinski definition) is 1. The number of hydrogen-bond acceptors (Lipinski definition) is 6. The highest BCUT2D eigenvalue weighted by Crippen LogP contribution is 2.31. The number of pyridine rings is 1. The maximum absolute atomic E-state index is 13.2. The normalized spacial score (nSPS) is 20.8. The Bertz CT molecular complexity index is 756. The van der Waals surface area contributed by atoms with Crippen LogP contribution in [0.5, 0.6) is 0 Å². The third kappa shape index (κ3) is 4.33. The molecule has 2 aliphatic rings. The molecule has 1 fully saturated rings. The Balaban J connectivity index is 1.74. The number of nitrogens with one attached hydrogen (secondary N) is 1. The number of ether oxygens (including phenoxy) is 1. The van der Waals surface area contributed by atoms with Gasteiger partial charge in [0, 0.05) is 25.3 Å². The largest absolute Gasteiger partial charge is 0.444 e. The third-order valence-corrected chi connectivity index (χ3v) is 5.09. The Kier molecular flexibility index (Phi) is 5.72. The highest BCUT2D eigenvalue weighted by Gasteiger charge is 2.40. The number of halogens is 1. The first-order valence-corrected chi connectivity index (χ1v) is 9.84. The lowest BCUT2D eigenvalue weighted by Crippen LogP contribution is -2.61. The van der Waals surface area contributed by atoms with E-state index in [2.05, 4.69) is 10.3 Å². The first-order valence-electron chi connectivity index (χ1n) is 9.46. The van der Waals surface area contributed by atoms with Crippen molar-refractivity contribution in [1.82, 2.24) is 19.7 Å². The van der Waals surface area contributed by atoms with Crippen LogP contribution in [0.2, 0.25) is 5.15 Å². The van der Waals surface area contributed by atoms with Gasteiger partial charge >= 0.3 is 6.09 Å². The van der Waals surface area contributed by atoms with Gasteiger partial charge in [-0.25, -0.2) is 9.78 Å². The van der Waals surface area contributed by atoms with Gasteiger partial charge in [-0.05, 0) is 53.8 Å². The van der Waals surface area contributed by atoms with E-state index in [1.54, 1.807) is 11.0 Å². The molecule has 0 spiro atoms. The molecule has 1 aromatic heterocycles. The van der Waals surface area contributed by atoms with Crippen LogP contribution in [0.3, 0.4) is 0 Å². The molecule has 2 amide bonds. The first-order chi connectivity index (χ1) is 13.1. The van der Waals surface area contributed by atoms with Crippen molar-refractivity contribution < 1.29 is 14.3 Å². The number of nitrogens with zero attached hydrogens (tertiary/aromatic N) is 4. The predicted molar refractivity (Wildman–Crippen MR) is 107 cm³/mol. The van der Waals surface area contributed by atoms with Gasteiger partial charge in [0.15, 0.2) is 6.29 Å². The number of piperidine rings is 1. The molecule has 0 saturated carbocycles. The molecule has 1 saturated heterocycles. The molecule has 2 aliphatic heterocycles. The van der Waals surface area contributed by atoms with Crippen LogP contribution >= 0.6 is 11.6 Å². The number of fused-ring (bicyclic) bond motifs is 1. The average Bonchev–Trinajstić information content (AvgIpc) is 2.60. The second kappa shape index (κ2) is 7.75. The summed E-state index contributed by atoms with van der Waals surface area (Å²) in [5.74, 6) is -0.0765. The molecule has 3 heterocycles. The predicted octanol–water partition coefficient (Wildman–Crippen LogP) is 2.85. The van der Waals surface area contributed by atoms with E-state index in [-0.39, 0.29) is 24.3 Å². The fraction of sp³-hybridized carbons (Fsp3) is 0.632. The molecule has 0 radical (unpaired) electrons. The first kappa shape index (κ1) is 20.7. The number of aromatic nitrogens is 1. The van der Waals surface area contributed by atoms with Crippen LogP contribution in [0.1, 0.15) is 44.0 Å². The Morgan fingerprint density at radius 3 is 2.54 bits per heavy atom. The summed E-state index contributed by atoms with van der Waals surface area (Å²) < 4.78 is 5.46. The van der Waals surface area contributed by atoms with Crippen LogP contribution in [0.25, 0.3) is 0 Å². The van der Waals surface area contributed by atoms with E-state index in [1.807, 2.05) is 44.7 Å². The molecule has 0 aromatic carbocycles. The molecule has 1 unspecified atom stereocenters. The van der Waals surface area contributed by atoms with E-state index in [9.17, 15) is 9.59 Å².